The molecule has 0 aliphatic heterocycles. The molecule has 0 saturated carbocycles. The van der Waals surface area contributed by atoms with Crippen LogP contribution in [-0.4, -0.2) is 0 Å². The SMILES string of the molecule is CCCCC(C)C.CCCCCC(C)C.CCCCCCC(C)C.CCCCCCCC(C)C. The van der Waals surface area contributed by atoms with E-state index in [1.165, 1.54) is 116 Å². The molecule has 0 aromatic heterocycles. The highest BCUT2D eigenvalue weighted by molar-refractivity contribution is 4.47. The van der Waals surface area contributed by atoms with Gasteiger partial charge in [0.15, 0.2) is 0 Å². The topological polar surface area (TPSA) is 0 Å². The fraction of sp³-hybridized carbons (Fsp3) is 1.00. The van der Waals surface area contributed by atoms with E-state index in [4.69, 9.17) is 0 Å². The van der Waals surface area contributed by atoms with Crippen molar-refractivity contribution in [2.24, 2.45) is 23.7 Å². The summed E-state index contributed by atoms with van der Waals surface area (Å²) in [6, 6.07) is 0. The Labute approximate surface area is 222 Å². The quantitative estimate of drug-likeness (QED) is 0.170. The van der Waals surface area contributed by atoms with Crippen LogP contribution in [0.25, 0.3) is 0 Å². The molecule has 0 heterocycles. The van der Waals surface area contributed by atoms with Crippen LogP contribution in [0, 0.1) is 23.7 Å². The van der Waals surface area contributed by atoms with Crippen molar-refractivity contribution in [1.82, 2.24) is 0 Å². The van der Waals surface area contributed by atoms with E-state index in [2.05, 4.69) is 83.1 Å². The molecule has 0 aromatic rings. The summed E-state index contributed by atoms with van der Waals surface area (Å²) in [6.07, 6.45) is 25.4. The fourth-order valence-corrected chi connectivity index (χ4v) is 3.55. The molecule has 0 N–H and O–H groups in total. The zero-order valence-electron chi connectivity index (χ0n) is 27.0. The largest absolute Gasteiger partial charge is 0.0654 e. The highest BCUT2D eigenvalue weighted by atomic mass is 14.0. The van der Waals surface area contributed by atoms with Crippen molar-refractivity contribution in [3.05, 3.63) is 0 Å². The lowest BCUT2D eigenvalue weighted by molar-refractivity contribution is 0.518. The van der Waals surface area contributed by atoms with E-state index in [0.29, 0.717) is 0 Å². The van der Waals surface area contributed by atoms with Crippen LogP contribution in [0.3, 0.4) is 0 Å². The Morgan fingerprint density at radius 3 is 0.735 bits per heavy atom. The molecule has 0 fully saturated rings. The van der Waals surface area contributed by atoms with Crippen LogP contribution in [-0.2, 0) is 0 Å². The molecular weight excluding hydrogens is 408 g/mol. The van der Waals surface area contributed by atoms with Crippen LogP contribution in [0.2, 0.25) is 0 Å². The first-order chi connectivity index (χ1) is 16.1. The summed E-state index contributed by atoms with van der Waals surface area (Å²) >= 11 is 0. The van der Waals surface area contributed by atoms with Gasteiger partial charge in [-0.2, -0.15) is 0 Å². The van der Waals surface area contributed by atoms with Gasteiger partial charge in [0.05, 0.1) is 0 Å². The van der Waals surface area contributed by atoms with E-state index >= 15 is 0 Å². The molecule has 0 amide bonds. The summed E-state index contributed by atoms with van der Waals surface area (Å²) in [6.45, 7) is 27.3. The maximum atomic E-state index is 2.31. The van der Waals surface area contributed by atoms with Crippen molar-refractivity contribution in [3.8, 4) is 0 Å². The molecular formula is C34H76. The van der Waals surface area contributed by atoms with Gasteiger partial charge in [-0.25, -0.2) is 0 Å². The van der Waals surface area contributed by atoms with E-state index in [1.54, 1.807) is 0 Å². The van der Waals surface area contributed by atoms with Gasteiger partial charge in [-0.15, -0.1) is 0 Å². The lowest BCUT2D eigenvalue weighted by atomic mass is 10.0. The molecule has 0 nitrogen and oxygen atoms in total. The molecule has 0 bridgehead atoms. The molecule has 0 atom stereocenters. The second-order valence-corrected chi connectivity index (χ2v) is 12.3. The molecule has 0 aliphatic carbocycles. The van der Waals surface area contributed by atoms with Crippen molar-refractivity contribution < 1.29 is 0 Å². The second-order valence-electron chi connectivity index (χ2n) is 12.3. The van der Waals surface area contributed by atoms with Gasteiger partial charge in [-0.05, 0) is 23.7 Å². The van der Waals surface area contributed by atoms with Gasteiger partial charge < -0.3 is 0 Å². The van der Waals surface area contributed by atoms with Gasteiger partial charge in [0.1, 0.15) is 0 Å². The van der Waals surface area contributed by atoms with Crippen LogP contribution >= 0.6 is 0 Å². The molecule has 0 aliphatic rings. The summed E-state index contributed by atoms with van der Waals surface area (Å²) in [4.78, 5) is 0. The van der Waals surface area contributed by atoms with Gasteiger partial charge in [0.25, 0.3) is 0 Å². The first-order valence-electron chi connectivity index (χ1n) is 16.1. The molecule has 0 rings (SSSR count). The number of hydrogen-bond donors (Lipinski definition) is 0. The summed E-state index contributed by atoms with van der Waals surface area (Å²) < 4.78 is 0. The molecule has 0 radical (unpaired) electrons. The zero-order chi connectivity index (χ0) is 27.0. The smallest absolute Gasteiger partial charge is 0.0471 e. The first-order valence-corrected chi connectivity index (χ1v) is 16.1. The lowest BCUT2D eigenvalue weighted by Gasteiger charge is -2.02. The molecule has 34 heavy (non-hydrogen) atoms. The number of hydrogen-bond acceptors (Lipinski definition) is 0. The lowest BCUT2D eigenvalue weighted by Crippen LogP contribution is -1.86. The highest BCUT2D eigenvalue weighted by Crippen LogP contribution is 2.10. The average Bonchev–Trinajstić information content (AvgIpc) is 2.76. The summed E-state index contributed by atoms with van der Waals surface area (Å²) in [5.41, 5.74) is 0. The Morgan fingerprint density at radius 2 is 0.471 bits per heavy atom. The normalized spacial score (nSPS) is 10.6. The Balaban J connectivity index is -0.000000178. The van der Waals surface area contributed by atoms with Crippen molar-refractivity contribution in [3.63, 3.8) is 0 Å². The maximum absolute atomic E-state index is 2.31. The van der Waals surface area contributed by atoms with E-state index in [9.17, 15) is 0 Å². The van der Waals surface area contributed by atoms with Gasteiger partial charge in [0, 0.05) is 0 Å². The third kappa shape index (κ3) is 63.5. The molecule has 0 unspecified atom stereocenters. The molecule has 0 saturated heterocycles. The summed E-state index contributed by atoms with van der Waals surface area (Å²) in [5.74, 6) is 3.62. The Morgan fingerprint density at radius 1 is 0.265 bits per heavy atom. The van der Waals surface area contributed by atoms with Gasteiger partial charge >= 0.3 is 0 Å². The minimum absolute atomic E-state index is 0.903. The third-order valence-corrected chi connectivity index (χ3v) is 6.04. The van der Waals surface area contributed by atoms with Crippen LogP contribution < -0.4 is 0 Å². The van der Waals surface area contributed by atoms with Crippen molar-refractivity contribution in [1.29, 1.82) is 0 Å². The third-order valence-electron chi connectivity index (χ3n) is 6.04. The minimum atomic E-state index is 0.903. The zero-order valence-corrected chi connectivity index (χ0v) is 27.0. The van der Waals surface area contributed by atoms with Gasteiger partial charge in [-0.1, -0.05) is 199 Å². The number of rotatable bonds is 18. The van der Waals surface area contributed by atoms with Crippen molar-refractivity contribution >= 4 is 0 Å². The first kappa shape index (κ1) is 41.1. The van der Waals surface area contributed by atoms with E-state index in [0.717, 1.165) is 23.7 Å². The predicted molar refractivity (Wildman–Crippen MR) is 165 cm³/mol. The molecule has 0 spiro atoms. The Kier molecular flexibility index (Phi) is 45.4. The van der Waals surface area contributed by atoms with Crippen LogP contribution in [0.1, 0.15) is 199 Å². The molecule has 212 valence electrons. The predicted octanol–water partition coefficient (Wildman–Crippen LogP) is 13.7. The van der Waals surface area contributed by atoms with Crippen molar-refractivity contribution in [2.45, 2.75) is 199 Å². The molecule has 0 heteroatoms. The average molecular weight is 485 g/mol. The van der Waals surface area contributed by atoms with Crippen LogP contribution in [0.4, 0.5) is 0 Å². The van der Waals surface area contributed by atoms with E-state index < -0.39 is 0 Å². The monoisotopic (exact) mass is 485 g/mol. The highest BCUT2D eigenvalue weighted by Gasteiger charge is 1.93. The standard InChI is InChI=1S/C10H22.C9H20.C8H18.C7H16/c1-4-5-6-7-8-9-10(2)3;1-4-5-6-7-8-9(2)3;1-4-5-6-7-8(2)3;1-4-5-6-7(2)3/h10H,4-9H2,1-3H3;9H,4-8H2,1-3H3;8H,4-7H2,1-3H3;7H,4-6H2,1-3H3. The fourth-order valence-electron chi connectivity index (χ4n) is 3.55. The van der Waals surface area contributed by atoms with E-state index in [-0.39, 0.29) is 0 Å². The van der Waals surface area contributed by atoms with E-state index in [1.807, 2.05) is 0 Å². The number of unbranched alkanes of at least 4 members (excludes halogenated alkanes) is 10. The second kappa shape index (κ2) is 37.5. The van der Waals surface area contributed by atoms with Gasteiger partial charge in [-0.3, -0.25) is 0 Å². The Bertz CT molecular complexity index is 286. The maximum Gasteiger partial charge on any atom is -0.0471 e. The summed E-state index contributed by atoms with van der Waals surface area (Å²) in [7, 11) is 0. The van der Waals surface area contributed by atoms with Crippen molar-refractivity contribution in [2.75, 3.05) is 0 Å². The minimum Gasteiger partial charge on any atom is -0.0654 e. The van der Waals surface area contributed by atoms with Crippen LogP contribution in [0.15, 0.2) is 0 Å². The Hall–Kier alpha value is 0. The summed E-state index contributed by atoms with van der Waals surface area (Å²) in [5, 5.41) is 0. The molecule has 0 aromatic carbocycles. The van der Waals surface area contributed by atoms with Crippen LogP contribution in [0.5, 0.6) is 0 Å². The van der Waals surface area contributed by atoms with Gasteiger partial charge in [0.2, 0.25) is 0 Å².